The molecule has 0 radical (unpaired) electrons. The lowest BCUT2D eigenvalue weighted by Gasteiger charge is -2.05. The van der Waals surface area contributed by atoms with Crippen LogP contribution >= 0.6 is 22.9 Å². The standard InChI is InChI=1S/C22H18ClN3O3S/c1-13-17-9-20(21(27)24-10-15-4-7-18-19(8-15)29-12-28-18)30-22(17)26(25-13)11-14-2-5-16(23)6-3-14/h2-9H,10-12H2,1H3,(H,24,27). The molecule has 3 heterocycles. The van der Waals surface area contributed by atoms with Crippen LogP contribution in [0.3, 0.4) is 0 Å². The van der Waals surface area contributed by atoms with Crippen molar-refractivity contribution in [2.75, 3.05) is 6.79 Å². The molecule has 6 nitrogen and oxygen atoms in total. The second kappa shape index (κ2) is 7.66. The molecule has 0 spiro atoms. The van der Waals surface area contributed by atoms with Gasteiger partial charge in [0.05, 0.1) is 17.1 Å². The summed E-state index contributed by atoms with van der Waals surface area (Å²) in [5, 5.41) is 9.32. The van der Waals surface area contributed by atoms with Crippen LogP contribution < -0.4 is 14.8 Å². The van der Waals surface area contributed by atoms with Gasteiger partial charge in [-0.05, 0) is 48.4 Å². The number of carbonyl (C=O) groups is 1. The third-order valence-electron chi connectivity index (χ3n) is 4.97. The van der Waals surface area contributed by atoms with E-state index in [4.69, 9.17) is 21.1 Å². The fourth-order valence-electron chi connectivity index (χ4n) is 3.41. The molecule has 2 aromatic carbocycles. The highest BCUT2D eigenvalue weighted by atomic mass is 35.5. The van der Waals surface area contributed by atoms with Crippen LogP contribution in [-0.4, -0.2) is 22.5 Å². The highest BCUT2D eigenvalue weighted by Crippen LogP contribution is 2.33. The third kappa shape index (κ3) is 3.62. The molecule has 1 aliphatic rings. The molecule has 30 heavy (non-hydrogen) atoms. The van der Waals surface area contributed by atoms with E-state index in [1.807, 2.05) is 60.1 Å². The summed E-state index contributed by atoms with van der Waals surface area (Å²) in [5.41, 5.74) is 2.97. The Morgan fingerprint density at radius 3 is 2.73 bits per heavy atom. The highest BCUT2D eigenvalue weighted by Gasteiger charge is 2.17. The zero-order valence-corrected chi connectivity index (χ0v) is 17.7. The number of nitrogens with zero attached hydrogens (tertiary/aromatic N) is 2. The molecule has 0 unspecified atom stereocenters. The van der Waals surface area contributed by atoms with E-state index in [9.17, 15) is 4.79 Å². The van der Waals surface area contributed by atoms with E-state index in [0.29, 0.717) is 28.7 Å². The number of ether oxygens (including phenoxy) is 2. The number of aryl methyl sites for hydroxylation is 1. The Kier molecular flexibility index (Phi) is 4.84. The minimum Gasteiger partial charge on any atom is -0.454 e. The van der Waals surface area contributed by atoms with Gasteiger partial charge in [0.2, 0.25) is 6.79 Å². The number of halogens is 1. The van der Waals surface area contributed by atoms with Crippen LogP contribution in [0.2, 0.25) is 5.02 Å². The van der Waals surface area contributed by atoms with Crippen LogP contribution in [0.25, 0.3) is 10.2 Å². The van der Waals surface area contributed by atoms with E-state index in [2.05, 4.69) is 10.4 Å². The summed E-state index contributed by atoms with van der Waals surface area (Å²) < 4.78 is 12.7. The van der Waals surface area contributed by atoms with Crippen LogP contribution in [0.5, 0.6) is 11.5 Å². The highest BCUT2D eigenvalue weighted by molar-refractivity contribution is 7.20. The van der Waals surface area contributed by atoms with Gasteiger partial charge < -0.3 is 14.8 Å². The van der Waals surface area contributed by atoms with E-state index in [-0.39, 0.29) is 12.7 Å². The molecule has 0 fully saturated rings. The van der Waals surface area contributed by atoms with Gasteiger partial charge in [-0.25, -0.2) is 0 Å². The van der Waals surface area contributed by atoms with E-state index in [1.54, 1.807) is 0 Å². The molecule has 152 valence electrons. The van der Waals surface area contributed by atoms with E-state index < -0.39 is 0 Å². The summed E-state index contributed by atoms with van der Waals surface area (Å²) >= 11 is 7.42. The summed E-state index contributed by atoms with van der Waals surface area (Å²) in [6.45, 7) is 3.24. The third-order valence-corrected chi connectivity index (χ3v) is 6.37. The number of hydrogen-bond donors (Lipinski definition) is 1. The van der Waals surface area contributed by atoms with E-state index >= 15 is 0 Å². The molecule has 0 atom stereocenters. The normalized spacial score (nSPS) is 12.5. The second-order valence-corrected chi connectivity index (χ2v) is 8.54. The van der Waals surface area contributed by atoms with Gasteiger partial charge in [0.15, 0.2) is 11.5 Å². The number of thiophene rings is 1. The van der Waals surface area contributed by atoms with Crippen molar-refractivity contribution in [2.24, 2.45) is 0 Å². The maximum absolute atomic E-state index is 12.7. The van der Waals surface area contributed by atoms with Crippen molar-refractivity contribution in [1.29, 1.82) is 0 Å². The topological polar surface area (TPSA) is 65.4 Å². The van der Waals surface area contributed by atoms with Crippen molar-refractivity contribution >= 4 is 39.1 Å². The molecular weight excluding hydrogens is 422 g/mol. The number of fused-ring (bicyclic) bond motifs is 2. The maximum Gasteiger partial charge on any atom is 0.261 e. The summed E-state index contributed by atoms with van der Waals surface area (Å²) in [7, 11) is 0. The number of benzene rings is 2. The van der Waals surface area contributed by atoms with Crippen molar-refractivity contribution in [1.82, 2.24) is 15.1 Å². The molecule has 1 aliphatic heterocycles. The SMILES string of the molecule is Cc1nn(Cc2ccc(Cl)cc2)c2sc(C(=O)NCc3ccc4c(c3)OCO4)cc12. The lowest BCUT2D eigenvalue weighted by atomic mass is 10.2. The number of hydrogen-bond acceptors (Lipinski definition) is 5. The first kappa shape index (κ1) is 19.0. The zero-order valence-electron chi connectivity index (χ0n) is 16.1. The number of nitrogens with one attached hydrogen (secondary N) is 1. The molecule has 5 rings (SSSR count). The number of amides is 1. The van der Waals surface area contributed by atoms with Gasteiger partial charge in [-0.1, -0.05) is 29.8 Å². The van der Waals surface area contributed by atoms with Gasteiger partial charge in [0, 0.05) is 17.0 Å². The number of aromatic nitrogens is 2. The van der Waals surface area contributed by atoms with Crippen LogP contribution in [0.1, 0.15) is 26.5 Å². The molecule has 0 aliphatic carbocycles. The molecule has 0 bridgehead atoms. The Morgan fingerprint density at radius 2 is 1.90 bits per heavy atom. The summed E-state index contributed by atoms with van der Waals surface area (Å²) in [5.74, 6) is 1.34. The van der Waals surface area contributed by atoms with Crippen LogP contribution in [0.15, 0.2) is 48.5 Å². The molecule has 2 aromatic heterocycles. The van der Waals surface area contributed by atoms with Crippen LogP contribution in [-0.2, 0) is 13.1 Å². The smallest absolute Gasteiger partial charge is 0.261 e. The van der Waals surface area contributed by atoms with Gasteiger partial charge in [-0.15, -0.1) is 11.3 Å². The predicted octanol–water partition coefficient (Wildman–Crippen LogP) is 4.77. The lowest BCUT2D eigenvalue weighted by Crippen LogP contribution is -2.21. The molecule has 1 N–H and O–H groups in total. The molecule has 4 aromatic rings. The van der Waals surface area contributed by atoms with E-state index in [0.717, 1.165) is 32.8 Å². The lowest BCUT2D eigenvalue weighted by molar-refractivity contribution is 0.0955. The molecule has 1 amide bonds. The predicted molar refractivity (Wildman–Crippen MR) is 117 cm³/mol. The van der Waals surface area contributed by atoms with Crippen molar-refractivity contribution in [3.05, 3.63) is 75.3 Å². The van der Waals surface area contributed by atoms with Crippen LogP contribution in [0.4, 0.5) is 0 Å². The average molecular weight is 440 g/mol. The van der Waals surface area contributed by atoms with Gasteiger partial charge in [0.1, 0.15) is 4.83 Å². The number of carbonyl (C=O) groups excluding carboxylic acids is 1. The quantitative estimate of drug-likeness (QED) is 0.486. The minimum atomic E-state index is -0.105. The Hall–Kier alpha value is -3.03. The van der Waals surface area contributed by atoms with Crippen molar-refractivity contribution in [2.45, 2.75) is 20.0 Å². The first-order valence-corrected chi connectivity index (χ1v) is 10.6. The minimum absolute atomic E-state index is 0.105. The Morgan fingerprint density at radius 1 is 1.13 bits per heavy atom. The van der Waals surface area contributed by atoms with Gasteiger partial charge in [-0.2, -0.15) is 5.10 Å². The summed E-state index contributed by atoms with van der Waals surface area (Å²) in [4.78, 5) is 14.4. The van der Waals surface area contributed by atoms with Gasteiger partial charge in [0.25, 0.3) is 5.91 Å². The summed E-state index contributed by atoms with van der Waals surface area (Å²) in [6.07, 6.45) is 0. The molecule has 0 saturated carbocycles. The Balaban J connectivity index is 1.33. The molecule has 0 saturated heterocycles. The van der Waals surface area contributed by atoms with Crippen molar-refractivity contribution in [3.63, 3.8) is 0 Å². The zero-order chi connectivity index (χ0) is 20.7. The first-order valence-electron chi connectivity index (χ1n) is 9.45. The molecular formula is C22H18ClN3O3S. The fourth-order valence-corrected chi connectivity index (χ4v) is 4.62. The van der Waals surface area contributed by atoms with Crippen LogP contribution in [0, 0.1) is 6.92 Å². The average Bonchev–Trinajstić information content (AvgIpc) is 3.45. The van der Waals surface area contributed by atoms with Crippen molar-refractivity contribution in [3.8, 4) is 11.5 Å². The van der Waals surface area contributed by atoms with Crippen molar-refractivity contribution < 1.29 is 14.3 Å². The molecule has 8 heteroatoms. The maximum atomic E-state index is 12.7. The summed E-state index contributed by atoms with van der Waals surface area (Å²) in [6, 6.07) is 15.3. The Bertz CT molecular complexity index is 1250. The number of rotatable bonds is 5. The Labute approximate surface area is 182 Å². The van der Waals surface area contributed by atoms with Gasteiger partial charge >= 0.3 is 0 Å². The first-order chi connectivity index (χ1) is 14.6. The van der Waals surface area contributed by atoms with E-state index in [1.165, 1.54) is 11.3 Å². The van der Waals surface area contributed by atoms with Gasteiger partial charge in [-0.3, -0.25) is 9.48 Å². The largest absolute Gasteiger partial charge is 0.454 e. The second-order valence-electron chi connectivity index (χ2n) is 7.07. The monoisotopic (exact) mass is 439 g/mol. The fraction of sp³-hybridized carbons (Fsp3) is 0.182.